The first-order chi connectivity index (χ1) is 10.3. The fourth-order valence-electron chi connectivity index (χ4n) is 3.45. The second-order valence-corrected chi connectivity index (χ2v) is 5.87. The Bertz CT molecular complexity index is 622. The van der Waals surface area contributed by atoms with Gasteiger partial charge in [-0.15, -0.1) is 0 Å². The van der Waals surface area contributed by atoms with Crippen LogP contribution in [-0.2, 0) is 13.0 Å². The molecule has 1 amide bonds. The maximum Gasteiger partial charge on any atom is 0.274 e. The molecule has 6 heteroatoms. The van der Waals surface area contributed by atoms with Gasteiger partial charge >= 0.3 is 0 Å². The molecule has 110 valence electrons. The minimum absolute atomic E-state index is 0.0500. The van der Waals surface area contributed by atoms with Gasteiger partial charge in [0.05, 0.1) is 11.7 Å². The Hall–Kier alpha value is -2.11. The quantitative estimate of drug-likeness (QED) is 0.916. The van der Waals surface area contributed by atoms with Gasteiger partial charge in [0.2, 0.25) is 0 Å². The largest absolute Gasteiger partial charge is 0.329 e. The van der Waals surface area contributed by atoms with E-state index in [-0.39, 0.29) is 11.9 Å². The molecule has 21 heavy (non-hydrogen) atoms. The average Bonchev–Trinajstić information content (AvgIpc) is 3.23. The smallest absolute Gasteiger partial charge is 0.274 e. The predicted molar refractivity (Wildman–Crippen MR) is 76.8 cm³/mol. The first-order valence-electron chi connectivity index (χ1n) is 7.70. The number of nitrogens with one attached hydrogen (secondary N) is 1. The van der Waals surface area contributed by atoms with Gasteiger partial charge in [0, 0.05) is 25.0 Å². The van der Waals surface area contributed by atoms with Gasteiger partial charge in [-0.2, -0.15) is 10.2 Å². The third-order valence-corrected chi connectivity index (χ3v) is 4.53. The number of fused-ring (bicyclic) bond motifs is 1. The maximum atomic E-state index is 12.8. The van der Waals surface area contributed by atoms with E-state index >= 15 is 0 Å². The van der Waals surface area contributed by atoms with Crippen molar-refractivity contribution in [2.75, 3.05) is 6.54 Å². The summed E-state index contributed by atoms with van der Waals surface area (Å²) in [6, 6.07) is 4.04. The number of aromatic amines is 1. The number of likely N-dealkylation sites (tertiary alicyclic amines) is 1. The number of H-pyrrole nitrogens is 1. The molecule has 2 aliphatic rings. The van der Waals surface area contributed by atoms with Gasteiger partial charge in [0.1, 0.15) is 0 Å². The SMILES string of the molecule is O=C(c1cc2n(n1)CCCC2)N1CCCC1c1ccn[nH]1. The fraction of sp³-hybridized carbons (Fsp3) is 0.533. The van der Waals surface area contributed by atoms with Crippen molar-refractivity contribution in [1.82, 2.24) is 24.9 Å². The lowest BCUT2D eigenvalue weighted by Crippen LogP contribution is -2.31. The lowest BCUT2D eigenvalue weighted by molar-refractivity contribution is 0.0726. The molecule has 4 heterocycles. The number of nitrogens with zero attached hydrogens (tertiary/aromatic N) is 4. The summed E-state index contributed by atoms with van der Waals surface area (Å²) < 4.78 is 2.00. The van der Waals surface area contributed by atoms with Crippen molar-refractivity contribution in [3.63, 3.8) is 0 Å². The highest BCUT2D eigenvalue weighted by atomic mass is 16.2. The molecule has 1 unspecified atom stereocenters. The summed E-state index contributed by atoms with van der Waals surface area (Å²) in [7, 11) is 0. The molecule has 0 saturated carbocycles. The lowest BCUT2D eigenvalue weighted by atomic mass is 10.1. The van der Waals surface area contributed by atoms with Crippen LogP contribution in [0.15, 0.2) is 18.3 Å². The zero-order valence-corrected chi connectivity index (χ0v) is 12.0. The first-order valence-corrected chi connectivity index (χ1v) is 7.70. The Morgan fingerprint density at radius 1 is 1.29 bits per heavy atom. The predicted octanol–water partition coefficient (Wildman–Crippen LogP) is 1.92. The number of carbonyl (C=O) groups excluding carboxylic acids is 1. The second-order valence-electron chi connectivity index (χ2n) is 5.87. The van der Waals surface area contributed by atoms with Crippen LogP contribution < -0.4 is 0 Å². The molecule has 6 nitrogen and oxygen atoms in total. The van der Waals surface area contributed by atoms with Crippen LogP contribution in [0.3, 0.4) is 0 Å². The zero-order chi connectivity index (χ0) is 14.2. The number of aromatic nitrogens is 4. The Morgan fingerprint density at radius 2 is 2.24 bits per heavy atom. The van der Waals surface area contributed by atoms with Gasteiger partial charge in [-0.1, -0.05) is 0 Å². The molecule has 1 N–H and O–H groups in total. The third-order valence-electron chi connectivity index (χ3n) is 4.53. The van der Waals surface area contributed by atoms with Crippen molar-refractivity contribution < 1.29 is 4.79 Å². The van der Waals surface area contributed by atoms with Crippen LogP contribution in [0.1, 0.15) is 53.6 Å². The molecule has 1 saturated heterocycles. The molecule has 0 spiro atoms. The molecular weight excluding hydrogens is 266 g/mol. The van der Waals surface area contributed by atoms with Gasteiger partial charge in [-0.25, -0.2) is 0 Å². The molecule has 1 atom stereocenters. The highest BCUT2D eigenvalue weighted by Crippen LogP contribution is 2.32. The Labute approximate surface area is 123 Å². The van der Waals surface area contributed by atoms with Crippen molar-refractivity contribution in [3.05, 3.63) is 35.4 Å². The van der Waals surface area contributed by atoms with Crippen LogP contribution >= 0.6 is 0 Å². The average molecular weight is 285 g/mol. The van der Waals surface area contributed by atoms with E-state index in [1.54, 1.807) is 6.20 Å². The van der Waals surface area contributed by atoms with E-state index < -0.39 is 0 Å². The molecule has 0 radical (unpaired) electrons. The van der Waals surface area contributed by atoms with Gasteiger partial charge in [-0.05, 0) is 44.2 Å². The van der Waals surface area contributed by atoms with Crippen molar-refractivity contribution in [1.29, 1.82) is 0 Å². The van der Waals surface area contributed by atoms with E-state index in [2.05, 4.69) is 15.3 Å². The number of hydrogen-bond acceptors (Lipinski definition) is 3. The number of carbonyl (C=O) groups is 1. The molecule has 0 aromatic carbocycles. The van der Waals surface area contributed by atoms with Crippen molar-refractivity contribution in [3.8, 4) is 0 Å². The normalized spacial score (nSPS) is 21.5. The Balaban J connectivity index is 1.60. The molecule has 1 fully saturated rings. The minimum Gasteiger partial charge on any atom is -0.329 e. The van der Waals surface area contributed by atoms with E-state index in [1.807, 2.05) is 21.7 Å². The van der Waals surface area contributed by atoms with E-state index in [1.165, 1.54) is 12.1 Å². The number of amides is 1. The molecule has 2 aromatic heterocycles. The number of rotatable bonds is 2. The molecule has 2 aliphatic heterocycles. The van der Waals surface area contributed by atoms with Crippen LogP contribution in [0.5, 0.6) is 0 Å². The third kappa shape index (κ3) is 2.14. The second kappa shape index (κ2) is 5.02. The Morgan fingerprint density at radius 3 is 3.05 bits per heavy atom. The highest BCUT2D eigenvalue weighted by molar-refractivity contribution is 5.93. The summed E-state index contributed by atoms with van der Waals surface area (Å²) in [6.45, 7) is 1.73. The summed E-state index contributed by atoms with van der Waals surface area (Å²) in [5, 5.41) is 11.5. The Kier molecular flexibility index (Phi) is 3.02. The summed E-state index contributed by atoms with van der Waals surface area (Å²) >= 11 is 0. The van der Waals surface area contributed by atoms with Crippen molar-refractivity contribution in [2.45, 2.75) is 44.7 Å². The summed E-state index contributed by atoms with van der Waals surface area (Å²) in [4.78, 5) is 14.7. The lowest BCUT2D eigenvalue weighted by Gasteiger charge is -2.22. The number of hydrogen-bond donors (Lipinski definition) is 1. The molecule has 0 bridgehead atoms. The molecule has 0 aliphatic carbocycles. The van der Waals surface area contributed by atoms with Crippen LogP contribution in [0.2, 0.25) is 0 Å². The minimum atomic E-state index is 0.0500. The number of aryl methyl sites for hydroxylation is 2. The van der Waals surface area contributed by atoms with E-state index in [0.29, 0.717) is 5.69 Å². The highest BCUT2D eigenvalue weighted by Gasteiger charge is 2.33. The maximum absolute atomic E-state index is 12.8. The van der Waals surface area contributed by atoms with Crippen molar-refractivity contribution >= 4 is 5.91 Å². The summed E-state index contributed by atoms with van der Waals surface area (Å²) in [5.41, 5.74) is 2.81. The van der Waals surface area contributed by atoms with Crippen LogP contribution in [0.4, 0.5) is 0 Å². The topological polar surface area (TPSA) is 66.8 Å². The van der Waals surface area contributed by atoms with Gasteiger partial charge in [0.25, 0.3) is 5.91 Å². The fourth-order valence-corrected chi connectivity index (χ4v) is 3.45. The van der Waals surface area contributed by atoms with E-state index in [0.717, 1.165) is 44.5 Å². The molecule has 4 rings (SSSR count). The van der Waals surface area contributed by atoms with Gasteiger partial charge in [0.15, 0.2) is 5.69 Å². The van der Waals surface area contributed by atoms with Crippen molar-refractivity contribution in [2.24, 2.45) is 0 Å². The summed E-state index contributed by atoms with van der Waals surface area (Å²) in [6.07, 6.45) is 7.14. The van der Waals surface area contributed by atoms with Gasteiger partial charge in [-0.3, -0.25) is 14.6 Å². The van der Waals surface area contributed by atoms with Crippen LogP contribution in [-0.4, -0.2) is 37.3 Å². The molecule has 2 aromatic rings. The van der Waals surface area contributed by atoms with Crippen LogP contribution in [0.25, 0.3) is 0 Å². The van der Waals surface area contributed by atoms with E-state index in [9.17, 15) is 4.79 Å². The summed E-state index contributed by atoms with van der Waals surface area (Å²) in [5.74, 6) is 0.0500. The monoisotopic (exact) mass is 285 g/mol. The first kappa shape index (κ1) is 12.6. The van der Waals surface area contributed by atoms with Gasteiger partial charge < -0.3 is 4.90 Å². The van der Waals surface area contributed by atoms with E-state index in [4.69, 9.17) is 0 Å². The van der Waals surface area contributed by atoms with Crippen LogP contribution in [0, 0.1) is 0 Å². The molecular formula is C15H19N5O. The standard InChI is InChI=1S/C15H19N5O/c21-15(13-10-11-4-1-2-9-20(11)18-13)19-8-3-5-14(19)12-6-7-16-17-12/h6-7,10,14H,1-5,8-9H2,(H,16,17). The zero-order valence-electron chi connectivity index (χ0n) is 12.0.